The average Bonchev–Trinajstić information content (AvgIpc) is 3.22. The van der Waals surface area contributed by atoms with Crippen LogP contribution >= 0.6 is 0 Å². The third-order valence-corrected chi connectivity index (χ3v) is 5.84. The monoisotopic (exact) mass is 455 g/mol. The second kappa shape index (κ2) is 7.95. The van der Waals surface area contributed by atoms with E-state index in [9.17, 15) is 18.0 Å². The van der Waals surface area contributed by atoms with Gasteiger partial charge in [0, 0.05) is 30.9 Å². The van der Waals surface area contributed by atoms with Crippen molar-refractivity contribution >= 4 is 23.4 Å². The maximum absolute atomic E-state index is 13.3. The lowest BCUT2D eigenvalue weighted by molar-refractivity contribution is -0.137. The molecule has 1 fully saturated rings. The first kappa shape index (κ1) is 21.0. The number of fused-ring (bicyclic) bond motifs is 4. The van der Waals surface area contributed by atoms with Crippen molar-refractivity contribution < 1.29 is 22.7 Å². The lowest BCUT2D eigenvalue weighted by Gasteiger charge is -2.36. The van der Waals surface area contributed by atoms with E-state index >= 15 is 0 Å². The Bertz CT molecular complexity index is 1200. The van der Waals surface area contributed by atoms with E-state index in [1.807, 2.05) is 0 Å². The number of ether oxygens (including phenoxy) is 1. The van der Waals surface area contributed by atoms with Gasteiger partial charge < -0.3 is 9.64 Å². The molecule has 1 N–H and O–H groups in total. The molecule has 2 amide bonds. The van der Waals surface area contributed by atoms with Crippen LogP contribution in [0, 0.1) is 0 Å². The zero-order chi connectivity index (χ0) is 23.2. The van der Waals surface area contributed by atoms with Crippen molar-refractivity contribution in [2.24, 2.45) is 0 Å². The van der Waals surface area contributed by atoms with Gasteiger partial charge >= 0.3 is 12.2 Å². The molecule has 2 aliphatic heterocycles. The van der Waals surface area contributed by atoms with Gasteiger partial charge in [-0.05, 0) is 30.7 Å². The molecule has 2 aliphatic rings. The van der Waals surface area contributed by atoms with Crippen molar-refractivity contribution in [3.63, 3.8) is 0 Å². The minimum Gasteiger partial charge on any atom is -0.494 e. The maximum Gasteiger partial charge on any atom is 0.416 e. The van der Waals surface area contributed by atoms with E-state index in [0.29, 0.717) is 36.2 Å². The smallest absolute Gasteiger partial charge is 0.416 e. The quantitative estimate of drug-likeness (QED) is 0.614. The topological polar surface area (TPSA) is 70.6 Å². The zero-order valence-corrected chi connectivity index (χ0v) is 17.6. The first-order chi connectivity index (χ1) is 15.8. The molecule has 33 heavy (non-hydrogen) atoms. The van der Waals surface area contributed by atoms with Crippen LogP contribution in [0.15, 0.2) is 54.7 Å². The van der Waals surface area contributed by atoms with E-state index < -0.39 is 17.8 Å². The molecule has 7 nitrogen and oxygen atoms in total. The molecule has 4 heterocycles. The van der Waals surface area contributed by atoms with Gasteiger partial charge in [-0.15, -0.1) is 0 Å². The summed E-state index contributed by atoms with van der Waals surface area (Å²) < 4.78 is 45.4. The van der Waals surface area contributed by atoms with Crippen LogP contribution in [0.1, 0.15) is 12.0 Å². The van der Waals surface area contributed by atoms with Crippen molar-refractivity contribution in [2.45, 2.75) is 18.6 Å². The van der Waals surface area contributed by atoms with E-state index in [1.165, 1.54) is 13.2 Å². The molecular formula is C23H20F3N5O2. The van der Waals surface area contributed by atoms with Gasteiger partial charge in [0.05, 0.1) is 24.4 Å². The van der Waals surface area contributed by atoms with Crippen molar-refractivity contribution in [3.05, 3.63) is 60.3 Å². The number of nitrogens with one attached hydrogen (secondary N) is 1. The molecule has 0 unspecified atom stereocenters. The Balaban J connectivity index is 1.61. The maximum atomic E-state index is 13.3. The number of benzene rings is 1. The third kappa shape index (κ3) is 3.81. The van der Waals surface area contributed by atoms with E-state index in [4.69, 9.17) is 4.74 Å². The summed E-state index contributed by atoms with van der Waals surface area (Å²) in [5, 5.41) is 2.79. The Kier molecular flexibility index (Phi) is 5.07. The normalized spacial score (nSPS) is 17.0. The van der Waals surface area contributed by atoms with Gasteiger partial charge in [0.1, 0.15) is 17.3 Å². The summed E-state index contributed by atoms with van der Waals surface area (Å²) in [6.45, 7) is 1.33. The molecule has 170 valence electrons. The number of hydrogen-bond donors (Lipinski definition) is 1. The second-order valence-corrected chi connectivity index (χ2v) is 7.86. The number of pyridine rings is 2. The Morgan fingerprint density at radius 1 is 1.18 bits per heavy atom. The molecular weight excluding hydrogens is 435 g/mol. The summed E-state index contributed by atoms with van der Waals surface area (Å²) in [5.74, 6) is 1.19. The highest BCUT2D eigenvalue weighted by atomic mass is 19.4. The van der Waals surface area contributed by atoms with Crippen molar-refractivity contribution in [2.75, 3.05) is 35.3 Å². The fourth-order valence-electron chi connectivity index (χ4n) is 4.32. The number of urea groups is 1. The molecule has 2 bridgehead atoms. The molecule has 0 saturated carbocycles. The first-order valence-electron chi connectivity index (χ1n) is 10.4. The summed E-state index contributed by atoms with van der Waals surface area (Å²) in [6.07, 6.45) is -2.17. The average molecular weight is 455 g/mol. The van der Waals surface area contributed by atoms with E-state index in [2.05, 4.69) is 20.2 Å². The number of anilines is 3. The Morgan fingerprint density at radius 3 is 2.76 bits per heavy atom. The van der Waals surface area contributed by atoms with Gasteiger partial charge in [-0.25, -0.2) is 14.8 Å². The fourth-order valence-corrected chi connectivity index (χ4v) is 4.32. The third-order valence-electron chi connectivity index (χ3n) is 5.84. The number of alkyl halides is 3. The Hall–Kier alpha value is -3.82. The Labute approximate surface area is 187 Å². The minimum absolute atomic E-state index is 0.129. The fraction of sp³-hybridized carbons (Fsp3) is 0.261. The number of carbonyl (C=O) groups excluding carboxylic acids is 1. The molecule has 0 aliphatic carbocycles. The van der Waals surface area contributed by atoms with Crippen LogP contribution < -0.4 is 19.9 Å². The lowest BCUT2D eigenvalue weighted by atomic mass is 10.1. The van der Waals surface area contributed by atoms with Crippen molar-refractivity contribution in [3.8, 4) is 17.0 Å². The van der Waals surface area contributed by atoms with E-state index in [-0.39, 0.29) is 17.3 Å². The number of methoxy groups -OCH3 is 1. The number of aromatic nitrogens is 2. The van der Waals surface area contributed by atoms with Crippen LogP contribution in [0.3, 0.4) is 0 Å². The molecule has 2 aromatic heterocycles. The van der Waals surface area contributed by atoms with Crippen molar-refractivity contribution in [1.29, 1.82) is 0 Å². The summed E-state index contributed by atoms with van der Waals surface area (Å²) in [4.78, 5) is 25.7. The highest BCUT2D eigenvalue weighted by Gasteiger charge is 2.42. The zero-order valence-electron chi connectivity index (χ0n) is 17.6. The van der Waals surface area contributed by atoms with E-state index in [1.54, 1.807) is 41.4 Å². The lowest BCUT2D eigenvalue weighted by Crippen LogP contribution is -2.48. The SMILES string of the molecule is COc1cc(-c2cccc(C(F)(F)F)c2)nc2c1N1CC[C@H](C1)N2C(=O)Nc1ccccn1. The van der Waals surface area contributed by atoms with Crippen LogP contribution in [0.4, 0.5) is 35.3 Å². The minimum atomic E-state index is -4.48. The predicted molar refractivity (Wildman–Crippen MR) is 118 cm³/mol. The van der Waals surface area contributed by atoms with E-state index in [0.717, 1.165) is 18.6 Å². The number of halogens is 3. The van der Waals surface area contributed by atoms with Gasteiger partial charge in [0.2, 0.25) is 0 Å². The highest BCUT2D eigenvalue weighted by molar-refractivity contribution is 6.05. The van der Waals surface area contributed by atoms with Gasteiger partial charge in [0.15, 0.2) is 5.82 Å². The molecule has 1 atom stereocenters. The summed E-state index contributed by atoms with van der Waals surface area (Å²) in [7, 11) is 1.49. The van der Waals surface area contributed by atoms with Crippen LogP contribution in [0.2, 0.25) is 0 Å². The number of carbonyl (C=O) groups is 1. The summed E-state index contributed by atoms with van der Waals surface area (Å²) in [6, 6.07) is 11.2. The van der Waals surface area contributed by atoms with Crippen LogP contribution in [0.5, 0.6) is 5.75 Å². The molecule has 0 radical (unpaired) electrons. The predicted octanol–water partition coefficient (Wildman–Crippen LogP) is 4.80. The van der Waals surface area contributed by atoms with Crippen molar-refractivity contribution in [1.82, 2.24) is 9.97 Å². The molecule has 0 spiro atoms. The number of hydrogen-bond acceptors (Lipinski definition) is 5. The molecule has 5 rings (SSSR count). The molecule has 10 heteroatoms. The van der Waals surface area contributed by atoms with Gasteiger partial charge in [-0.2, -0.15) is 13.2 Å². The van der Waals surface area contributed by atoms with Crippen LogP contribution in [0.25, 0.3) is 11.3 Å². The summed E-state index contributed by atoms with van der Waals surface area (Å²) >= 11 is 0. The van der Waals surface area contributed by atoms with Gasteiger partial charge in [-0.1, -0.05) is 18.2 Å². The van der Waals surface area contributed by atoms with Crippen LogP contribution in [-0.4, -0.2) is 42.2 Å². The molecule has 1 aromatic carbocycles. The van der Waals surface area contributed by atoms with Gasteiger partial charge in [0.25, 0.3) is 0 Å². The largest absolute Gasteiger partial charge is 0.494 e. The Morgan fingerprint density at radius 2 is 2.03 bits per heavy atom. The van der Waals surface area contributed by atoms with Crippen LogP contribution in [-0.2, 0) is 6.18 Å². The second-order valence-electron chi connectivity index (χ2n) is 7.86. The number of rotatable bonds is 3. The van der Waals surface area contributed by atoms with Gasteiger partial charge in [-0.3, -0.25) is 10.2 Å². The number of nitrogens with zero attached hydrogens (tertiary/aromatic N) is 4. The number of amides is 2. The molecule has 3 aromatic rings. The standard InChI is InChI=1S/C23H20F3N5O2/c1-33-18-12-17(14-5-4-6-15(11-14)23(24,25)26)28-21-20(18)30-10-8-16(13-30)31(21)22(32)29-19-7-2-3-9-27-19/h2-7,9,11-12,16H,8,10,13H2,1H3,(H,27,29,32)/t16-/m1/s1. The highest BCUT2D eigenvalue weighted by Crippen LogP contribution is 2.46. The molecule has 1 saturated heterocycles. The first-order valence-corrected chi connectivity index (χ1v) is 10.4. The summed E-state index contributed by atoms with van der Waals surface area (Å²) in [5.41, 5.74) is 0.448.